The van der Waals surface area contributed by atoms with Crippen molar-refractivity contribution < 1.29 is 19.7 Å². The molecule has 3 N–H and O–H groups in total. The molecular weight excluding hydrogens is 342 g/mol. The van der Waals surface area contributed by atoms with Gasteiger partial charge in [-0.3, -0.25) is 0 Å². The Morgan fingerprint density at radius 2 is 1.48 bits per heavy atom. The zero-order valence-corrected chi connectivity index (χ0v) is 16.6. The molecule has 5 heteroatoms. The molecule has 1 aromatic carbocycles. The third-order valence-electron chi connectivity index (χ3n) is 4.66. The minimum atomic E-state index is -0.344. The first-order valence-corrected chi connectivity index (χ1v) is 10.5. The number of carbonyl (C=O) groups excluding carboxylic acids is 1. The third-order valence-corrected chi connectivity index (χ3v) is 4.66. The van der Waals surface area contributed by atoms with Crippen molar-refractivity contribution in [1.29, 1.82) is 0 Å². The Balaban J connectivity index is 1.80. The maximum absolute atomic E-state index is 11.6. The van der Waals surface area contributed by atoms with E-state index in [1.807, 2.05) is 30.3 Å². The molecule has 154 valence electrons. The van der Waals surface area contributed by atoms with E-state index in [1.165, 1.54) is 32.1 Å². The van der Waals surface area contributed by atoms with Crippen LogP contribution in [0.3, 0.4) is 0 Å². The summed E-state index contributed by atoms with van der Waals surface area (Å²) in [6, 6.07) is 9.68. The number of aliphatic hydroxyl groups excluding tert-OH is 2. The van der Waals surface area contributed by atoms with Gasteiger partial charge in [0, 0.05) is 13.2 Å². The van der Waals surface area contributed by atoms with Crippen LogP contribution >= 0.6 is 0 Å². The summed E-state index contributed by atoms with van der Waals surface area (Å²) >= 11 is 0. The van der Waals surface area contributed by atoms with Gasteiger partial charge in [-0.15, -0.1) is 0 Å². The van der Waals surface area contributed by atoms with Gasteiger partial charge in [0.25, 0.3) is 0 Å². The second-order valence-electron chi connectivity index (χ2n) is 7.13. The monoisotopic (exact) mass is 379 g/mol. The minimum absolute atomic E-state index is 0.0750. The van der Waals surface area contributed by atoms with Crippen LogP contribution in [-0.2, 0) is 11.3 Å². The van der Waals surface area contributed by atoms with E-state index in [2.05, 4.69) is 5.32 Å². The number of hydrogen-bond donors (Lipinski definition) is 3. The van der Waals surface area contributed by atoms with Crippen molar-refractivity contribution in [2.45, 2.75) is 83.3 Å². The Labute approximate surface area is 164 Å². The molecular formula is C22H37NO4. The molecule has 0 spiro atoms. The van der Waals surface area contributed by atoms with Crippen LogP contribution in [0.4, 0.5) is 4.79 Å². The molecule has 0 heterocycles. The highest BCUT2D eigenvalue weighted by atomic mass is 16.5. The molecule has 0 bridgehead atoms. The molecule has 5 nitrogen and oxygen atoms in total. The molecule has 0 aliphatic heterocycles. The minimum Gasteiger partial charge on any atom is -0.445 e. The van der Waals surface area contributed by atoms with Gasteiger partial charge in [0.05, 0.1) is 6.10 Å². The van der Waals surface area contributed by atoms with E-state index in [4.69, 9.17) is 9.84 Å². The quantitative estimate of drug-likeness (QED) is 0.368. The Morgan fingerprint density at radius 1 is 0.889 bits per heavy atom. The molecule has 1 unspecified atom stereocenters. The summed E-state index contributed by atoms with van der Waals surface area (Å²) in [5, 5.41) is 21.0. The number of rotatable bonds is 16. The molecule has 1 amide bonds. The summed E-state index contributed by atoms with van der Waals surface area (Å²) in [6.45, 7) is 1.06. The maximum Gasteiger partial charge on any atom is 0.407 e. The van der Waals surface area contributed by atoms with Crippen LogP contribution in [0.15, 0.2) is 30.3 Å². The zero-order valence-electron chi connectivity index (χ0n) is 16.6. The van der Waals surface area contributed by atoms with Gasteiger partial charge in [0.1, 0.15) is 6.61 Å². The van der Waals surface area contributed by atoms with Gasteiger partial charge in [-0.1, -0.05) is 81.7 Å². The molecule has 0 fully saturated rings. The summed E-state index contributed by atoms with van der Waals surface area (Å²) < 4.78 is 5.17. The topological polar surface area (TPSA) is 78.8 Å². The molecule has 0 aromatic heterocycles. The second-order valence-corrected chi connectivity index (χ2v) is 7.13. The van der Waals surface area contributed by atoms with E-state index in [1.54, 1.807) is 0 Å². The summed E-state index contributed by atoms with van der Waals surface area (Å²) in [5.74, 6) is 0. The number of hydrogen-bond acceptors (Lipinski definition) is 4. The Hall–Kier alpha value is -1.59. The highest BCUT2D eigenvalue weighted by Crippen LogP contribution is 2.12. The van der Waals surface area contributed by atoms with Gasteiger partial charge in [0.15, 0.2) is 0 Å². The van der Waals surface area contributed by atoms with E-state index in [9.17, 15) is 9.90 Å². The third kappa shape index (κ3) is 14.2. The largest absolute Gasteiger partial charge is 0.445 e. The molecule has 1 atom stereocenters. The van der Waals surface area contributed by atoms with Crippen LogP contribution in [0.5, 0.6) is 0 Å². The average molecular weight is 380 g/mol. The van der Waals surface area contributed by atoms with Crippen LogP contribution < -0.4 is 5.32 Å². The van der Waals surface area contributed by atoms with Crippen LogP contribution in [0.2, 0.25) is 0 Å². The Morgan fingerprint density at radius 3 is 2.11 bits per heavy atom. The van der Waals surface area contributed by atoms with Crippen molar-refractivity contribution in [3.63, 3.8) is 0 Å². The smallest absolute Gasteiger partial charge is 0.407 e. The van der Waals surface area contributed by atoms with Crippen molar-refractivity contribution in [2.24, 2.45) is 0 Å². The van der Waals surface area contributed by atoms with E-state index in [-0.39, 0.29) is 18.8 Å². The number of alkyl carbamates (subject to hydrolysis) is 1. The lowest BCUT2D eigenvalue weighted by Gasteiger charge is -2.08. The maximum atomic E-state index is 11.6. The van der Waals surface area contributed by atoms with E-state index in [0.29, 0.717) is 19.6 Å². The van der Waals surface area contributed by atoms with E-state index >= 15 is 0 Å². The van der Waals surface area contributed by atoms with Gasteiger partial charge in [-0.2, -0.15) is 0 Å². The van der Waals surface area contributed by atoms with Crippen LogP contribution in [0.25, 0.3) is 0 Å². The number of carbonyl (C=O) groups is 1. The van der Waals surface area contributed by atoms with Gasteiger partial charge >= 0.3 is 6.09 Å². The van der Waals surface area contributed by atoms with E-state index in [0.717, 1.165) is 37.7 Å². The van der Waals surface area contributed by atoms with Crippen LogP contribution in [0, 0.1) is 0 Å². The van der Waals surface area contributed by atoms with Crippen LogP contribution in [-0.4, -0.2) is 35.6 Å². The fourth-order valence-corrected chi connectivity index (χ4v) is 3.00. The summed E-state index contributed by atoms with van der Waals surface area (Å²) in [4.78, 5) is 11.6. The number of unbranched alkanes of at least 4 members (excludes halogenated alkanes) is 8. The zero-order chi connectivity index (χ0) is 19.6. The Kier molecular flexibility index (Phi) is 14.4. The number of benzene rings is 1. The van der Waals surface area contributed by atoms with Gasteiger partial charge < -0.3 is 20.3 Å². The summed E-state index contributed by atoms with van der Waals surface area (Å²) in [5.41, 5.74) is 0.994. The fourth-order valence-electron chi connectivity index (χ4n) is 3.00. The molecule has 0 radical (unpaired) electrons. The van der Waals surface area contributed by atoms with Crippen LogP contribution in [0.1, 0.15) is 76.2 Å². The highest BCUT2D eigenvalue weighted by Gasteiger charge is 2.03. The summed E-state index contributed by atoms with van der Waals surface area (Å²) in [7, 11) is 0. The van der Waals surface area contributed by atoms with Crippen molar-refractivity contribution in [2.75, 3.05) is 13.2 Å². The van der Waals surface area contributed by atoms with Crippen molar-refractivity contribution >= 4 is 6.09 Å². The summed E-state index contributed by atoms with van der Waals surface area (Å²) in [6.07, 6.45) is 11.1. The van der Waals surface area contributed by atoms with E-state index < -0.39 is 0 Å². The second kappa shape index (κ2) is 16.6. The number of aliphatic hydroxyl groups is 2. The molecule has 0 saturated carbocycles. The van der Waals surface area contributed by atoms with Gasteiger partial charge in [-0.05, 0) is 24.8 Å². The van der Waals surface area contributed by atoms with Crippen molar-refractivity contribution in [3.05, 3.63) is 35.9 Å². The highest BCUT2D eigenvalue weighted by molar-refractivity contribution is 5.67. The number of amides is 1. The van der Waals surface area contributed by atoms with Gasteiger partial charge in [0.2, 0.25) is 0 Å². The molecule has 0 saturated heterocycles. The first kappa shape index (κ1) is 23.4. The first-order valence-electron chi connectivity index (χ1n) is 10.5. The average Bonchev–Trinajstić information content (AvgIpc) is 2.68. The SMILES string of the molecule is O=C(NCCCCCCCCCCCC(O)CCO)OCc1ccccc1. The molecule has 27 heavy (non-hydrogen) atoms. The van der Waals surface area contributed by atoms with Gasteiger partial charge in [-0.25, -0.2) is 4.79 Å². The molecule has 1 aromatic rings. The lowest BCUT2D eigenvalue weighted by atomic mass is 10.0. The predicted molar refractivity (Wildman–Crippen MR) is 109 cm³/mol. The fraction of sp³-hybridized carbons (Fsp3) is 0.682. The molecule has 0 aliphatic rings. The predicted octanol–water partition coefficient (Wildman–Crippen LogP) is 4.56. The lowest BCUT2D eigenvalue weighted by molar-refractivity contribution is 0.122. The Bertz CT molecular complexity index is 467. The normalized spacial score (nSPS) is 11.9. The standard InChI is InChI=1S/C22H37NO4/c24-18-16-21(25)15-11-6-4-2-1-3-5-7-12-17-23-22(26)27-19-20-13-9-8-10-14-20/h8-10,13-14,21,24-25H,1-7,11-12,15-19H2,(H,23,26). The first-order chi connectivity index (χ1) is 13.2. The molecule has 1 rings (SSSR count). The molecule has 0 aliphatic carbocycles. The van der Waals surface area contributed by atoms with Crippen molar-refractivity contribution in [3.8, 4) is 0 Å². The lowest BCUT2D eigenvalue weighted by Crippen LogP contribution is -2.25. The number of nitrogens with one attached hydrogen (secondary N) is 1. The van der Waals surface area contributed by atoms with Crippen molar-refractivity contribution in [1.82, 2.24) is 5.32 Å². The number of ether oxygens (including phenoxy) is 1.